The van der Waals surface area contributed by atoms with Crippen LogP contribution in [0.2, 0.25) is 0 Å². The monoisotopic (exact) mass is 277 g/mol. The van der Waals surface area contributed by atoms with Gasteiger partial charge in [-0.25, -0.2) is 0 Å². The minimum Gasteiger partial charge on any atom is -0.306 e. The van der Waals surface area contributed by atoms with E-state index in [0.717, 1.165) is 25.9 Å². The fraction of sp³-hybridized carbons (Fsp3) is 0.941. The van der Waals surface area contributed by atoms with Gasteiger partial charge in [0.15, 0.2) is 0 Å². The zero-order valence-corrected chi connectivity index (χ0v) is 13.7. The van der Waals surface area contributed by atoms with Crippen LogP contribution in [0.3, 0.4) is 0 Å². The maximum absolute atomic E-state index is 9.69. The largest absolute Gasteiger partial charge is 0.306 e. The van der Waals surface area contributed by atoms with Gasteiger partial charge in [-0.15, -0.1) is 0 Å². The Labute approximate surface area is 124 Å². The molecule has 0 aromatic rings. The summed E-state index contributed by atoms with van der Waals surface area (Å²) in [6.07, 6.45) is 7.16. The highest BCUT2D eigenvalue weighted by molar-refractivity contribution is 5.16. The lowest BCUT2D eigenvalue weighted by molar-refractivity contribution is 0.198. The standard InChI is InChI=1S/C17H31N3/c1-16(2,3)13-20(4)11-9-14-6-5-10-17(14,12-18)19-15-7-8-15/h14-15,19H,5-11,13H2,1-4H3. The maximum atomic E-state index is 9.69. The van der Waals surface area contributed by atoms with E-state index in [1.54, 1.807) is 0 Å². The highest BCUT2D eigenvalue weighted by Crippen LogP contribution is 2.40. The van der Waals surface area contributed by atoms with Crippen molar-refractivity contribution in [2.24, 2.45) is 11.3 Å². The Bertz CT molecular complexity index is 361. The number of hydrogen-bond donors (Lipinski definition) is 1. The van der Waals surface area contributed by atoms with Gasteiger partial charge in [0.05, 0.1) is 6.07 Å². The van der Waals surface area contributed by atoms with E-state index in [4.69, 9.17) is 0 Å². The van der Waals surface area contributed by atoms with E-state index in [1.165, 1.54) is 25.7 Å². The molecule has 2 rings (SSSR count). The van der Waals surface area contributed by atoms with Crippen LogP contribution in [-0.2, 0) is 0 Å². The average molecular weight is 277 g/mol. The Morgan fingerprint density at radius 2 is 2.00 bits per heavy atom. The third-order valence-corrected chi connectivity index (χ3v) is 4.66. The van der Waals surface area contributed by atoms with Crippen molar-refractivity contribution in [1.29, 1.82) is 5.26 Å². The van der Waals surface area contributed by atoms with E-state index < -0.39 is 0 Å². The Kier molecular flexibility index (Phi) is 4.76. The topological polar surface area (TPSA) is 39.1 Å². The van der Waals surface area contributed by atoms with E-state index in [2.05, 4.69) is 44.1 Å². The Hall–Kier alpha value is -0.590. The SMILES string of the molecule is CN(CCC1CCCC1(C#N)NC1CC1)CC(C)(C)C. The molecule has 0 aromatic carbocycles. The predicted octanol–water partition coefficient (Wildman–Crippen LogP) is 3.17. The van der Waals surface area contributed by atoms with E-state index in [1.807, 2.05) is 0 Å². The molecule has 2 atom stereocenters. The molecule has 0 radical (unpaired) electrons. The van der Waals surface area contributed by atoms with Crippen LogP contribution >= 0.6 is 0 Å². The molecule has 2 aliphatic rings. The molecular weight excluding hydrogens is 246 g/mol. The molecule has 0 heterocycles. The molecule has 2 aliphatic carbocycles. The lowest BCUT2D eigenvalue weighted by Gasteiger charge is -2.32. The number of hydrogen-bond acceptors (Lipinski definition) is 3. The summed E-state index contributed by atoms with van der Waals surface area (Å²) < 4.78 is 0. The minimum absolute atomic E-state index is 0.219. The van der Waals surface area contributed by atoms with Gasteiger partial charge < -0.3 is 4.90 Å². The van der Waals surface area contributed by atoms with Crippen molar-refractivity contribution in [3.05, 3.63) is 0 Å². The molecule has 0 saturated heterocycles. The molecule has 20 heavy (non-hydrogen) atoms. The van der Waals surface area contributed by atoms with Crippen LogP contribution in [0.4, 0.5) is 0 Å². The summed E-state index contributed by atoms with van der Waals surface area (Å²) in [5, 5.41) is 13.3. The molecule has 3 nitrogen and oxygen atoms in total. The van der Waals surface area contributed by atoms with Crippen LogP contribution in [0.25, 0.3) is 0 Å². The predicted molar refractivity (Wildman–Crippen MR) is 83.4 cm³/mol. The Balaban J connectivity index is 1.86. The van der Waals surface area contributed by atoms with Crippen LogP contribution < -0.4 is 5.32 Å². The molecule has 0 aliphatic heterocycles. The number of nitrogens with one attached hydrogen (secondary N) is 1. The Morgan fingerprint density at radius 1 is 1.30 bits per heavy atom. The third kappa shape index (κ3) is 4.20. The first-order valence-corrected chi connectivity index (χ1v) is 8.22. The van der Waals surface area contributed by atoms with E-state index in [-0.39, 0.29) is 5.54 Å². The van der Waals surface area contributed by atoms with Gasteiger partial charge in [0, 0.05) is 12.6 Å². The average Bonchev–Trinajstić information content (AvgIpc) is 3.04. The maximum Gasteiger partial charge on any atom is 0.109 e. The van der Waals surface area contributed by atoms with Crippen LogP contribution in [0.15, 0.2) is 0 Å². The van der Waals surface area contributed by atoms with Gasteiger partial charge in [0.1, 0.15) is 5.54 Å². The molecular formula is C17H31N3. The molecule has 0 amide bonds. The molecule has 2 unspecified atom stereocenters. The first-order valence-electron chi connectivity index (χ1n) is 8.22. The van der Waals surface area contributed by atoms with Crippen molar-refractivity contribution in [2.45, 2.75) is 70.9 Å². The summed E-state index contributed by atoms with van der Waals surface area (Å²) in [7, 11) is 2.21. The molecule has 0 aromatic heterocycles. The van der Waals surface area contributed by atoms with Gasteiger partial charge in [-0.1, -0.05) is 27.2 Å². The third-order valence-electron chi connectivity index (χ3n) is 4.66. The van der Waals surface area contributed by atoms with Gasteiger partial charge >= 0.3 is 0 Å². The summed E-state index contributed by atoms with van der Waals surface area (Å²) in [4.78, 5) is 2.43. The quantitative estimate of drug-likeness (QED) is 0.810. The molecule has 0 bridgehead atoms. The molecule has 114 valence electrons. The lowest BCUT2D eigenvalue weighted by Crippen LogP contribution is -2.49. The van der Waals surface area contributed by atoms with Crippen LogP contribution in [0, 0.1) is 22.7 Å². The molecule has 0 spiro atoms. The van der Waals surface area contributed by atoms with Crippen molar-refractivity contribution in [3.63, 3.8) is 0 Å². The van der Waals surface area contributed by atoms with E-state index in [9.17, 15) is 5.26 Å². The first-order chi connectivity index (χ1) is 9.35. The van der Waals surface area contributed by atoms with Crippen molar-refractivity contribution < 1.29 is 0 Å². The highest BCUT2D eigenvalue weighted by Gasteiger charge is 2.45. The van der Waals surface area contributed by atoms with Crippen LogP contribution in [-0.4, -0.2) is 36.6 Å². The number of nitriles is 1. The summed E-state index contributed by atoms with van der Waals surface area (Å²) in [5.41, 5.74) is 0.132. The van der Waals surface area contributed by atoms with Crippen LogP contribution in [0.5, 0.6) is 0 Å². The van der Waals surface area contributed by atoms with Gasteiger partial charge in [0.25, 0.3) is 0 Å². The molecule has 2 fully saturated rings. The van der Waals surface area contributed by atoms with Crippen molar-refractivity contribution in [1.82, 2.24) is 10.2 Å². The lowest BCUT2D eigenvalue weighted by atomic mass is 9.85. The van der Waals surface area contributed by atoms with Gasteiger partial charge in [0.2, 0.25) is 0 Å². The zero-order valence-electron chi connectivity index (χ0n) is 13.7. The summed E-state index contributed by atoms with van der Waals surface area (Å²) in [6, 6.07) is 3.27. The van der Waals surface area contributed by atoms with Crippen molar-refractivity contribution >= 4 is 0 Å². The number of rotatable bonds is 6. The summed E-state index contributed by atoms with van der Waals surface area (Å²) >= 11 is 0. The van der Waals surface area contributed by atoms with Gasteiger partial charge in [-0.3, -0.25) is 5.32 Å². The zero-order chi connectivity index (χ0) is 14.8. The summed E-state index contributed by atoms with van der Waals surface area (Å²) in [6.45, 7) is 9.08. The second kappa shape index (κ2) is 6.03. The van der Waals surface area contributed by atoms with Crippen LogP contribution in [0.1, 0.15) is 59.3 Å². The second-order valence-electron chi connectivity index (χ2n) is 8.18. The normalized spacial score (nSPS) is 30.7. The molecule has 3 heteroatoms. The number of nitrogens with zero attached hydrogens (tertiary/aromatic N) is 2. The van der Waals surface area contributed by atoms with Crippen molar-refractivity contribution in [2.75, 3.05) is 20.1 Å². The van der Waals surface area contributed by atoms with Gasteiger partial charge in [-0.05, 0) is 57.0 Å². The molecule has 1 N–H and O–H groups in total. The molecule has 2 saturated carbocycles. The fourth-order valence-corrected chi connectivity index (χ4v) is 3.69. The minimum atomic E-state index is -0.219. The second-order valence-corrected chi connectivity index (χ2v) is 8.18. The first kappa shape index (κ1) is 15.8. The van der Waals surface area contributed by atoms with Gasteiger partial charge in [-0.2, -0.15) is 5.26 Å². The van der Waals surface area contributed by atoms with E-state index in [0.29, 0.717) is 17.4 Å². The smallest absolute Gasteiger partial charge is 0.109 e. The van der Waals surface area contributed by atoms with E-state index >= 15 is 0 Å². The summed E-state index contributed by atoms with van der Waals surface area (Å²) in [5.74, 6) is 0.538. The Morgan fingerprint density at radius 3 is 2.55 bits per heavy atom. The fourth-order valence-electron chi connectivity index (χ4n) is 3.69. The highest BCUT2D eigenvalue weighted by atomic mass is 15.1. The van der Waals surface area contributed by atoms with Crippen molar-refractivity contribution in [3.8, 4) is 6.07 Å².